The van der Waals surface area contributed by atoms with Gasteiger partial charge in [0.2, 0.25) is 0 Å². The van der Waals surface area contributed by atoms with Gasteiger partial charge in [0.05, 0.1) is 17.0 Å². The summed E-state index contributed by atoms with van der Waals surface area (Å²) in [7, 11) is 0. The van der Waals surface area contributed by atoms with E-state index in [0.29, 0.717) is 41.1 Å². The molecule has 3 heterocycles. The molecule has 0 saturated carbocycles. The number of rotatable bonds is 8. The fourth-order valence-electron chi connectivity index (χ4n) is 2.53. The third-order valence-corrected chi connectivity index (χ3v) is 5.40. The van der Waals surface area contributed by atoms with Gasteiger partial charge in [0.15, 0.2) is 5.76 Å². The number of furan rings is 1. The number of amides is 1. The van der Waals surface area contributed by atoms with Gasteiger partial charge < -0.3 is 19.8 Å². The van der Waals surface area contributed by atoms with Gasteiger partial charge in [0.25, 0.3) is 5.91 Å². The molecule has 3 rings (SSSR count). The summed E-state index contributed by atoms with van der Waals surface area (Å²) in [6.07, 6.45) is 2.07. The zero-order valence-corrected chi connectivity index (χ0v) is 18.2. The molecule has 0 saturated heterocycles. The quantitative estimate of drug-likeness (QED) is 0.282. The van der Waals surface area contributed by atoms with E-state index in [1.165, 1.54) is 16.9 Å². The molecular formula is C16H15BrCl2N6O4. The molecule has 0 fully saturated rings. The minimum absolute atomic E-state index is 0.136. The lowest BCUT2D eigenvalue weighted by Gasteiger charge is -2.05. The predicted octanol–water partition coefficient (Wildman–Crippen LogP) is 3.83. The average molecular weight is 506 g/mol. The Morgan fingerprint density at radius 3 is 2.76 bits per heavy atom. The topological polar surface area (TPSA) is 121 Å². The molecule has 0 aliphatic heterocycles. The molecule has 29 heavy (non-hydrogen) atoms. The molecule has 0 bridgehead atoms. The van der Waals surface area contributed by atoms with Gasteiger partial charge in [-0.25, -0.2) is 0 Å². The van der Waals surface area contributed by atoms with E-state index in [1.54, 1.807) is 17.7 Å². The van der Waals surface area contributed by atoms with Gasteiger partial charge in [0.1, 0.15) is 27.0 Å². The molecule has 10 nitrogen and oxygen atoms in total. The van der Waals surface area contributed by atoms with E-state index >= 15 is 0 Å². The second kappa shape index (κ2) is 8.97. The van der Waals surface area contributed by atoms with Gasteiger partial charge in [-0.2, -0.15) is 9.78 Å². The maximum atomic E-state index is 12.2. The fraction of sp³-hybridized carbons (Fsp3) is 0.312. The largest absolute Gasteiger partial charge is 0.454 e. The van der Waals surface area contributed by atoms with Gasteiger partial charge in [-0.15, -0.1) is 0 Å². The number of carbonyl (C=O) groups excluding carboxylic acids is 1. The predicted molar refractivity (Wildman–Crippen MR) is 108 cm³/mol. The third kappa shape index (κ3) is 4.98. The number of carbonyl (C=O) groups is 1. The summed E-state index contributed by atoms with van der Waals surface area (Å²) in [6.45, 7) is 2.81. The number of hydrogen-bond donors (Lipinski definition) is 1. The maximum absolute atomic E-state index is 12.2. The number of nitrogens with one attached hydrogen (secondary N) is 1. The molecule has 0 spiro atoms. The van der Waals surface area contributed by atoms with Crippen molar-refractivity contribution >= 4 is 50.9 Å². The van der Waals surface area contributed by atoms with Crippen molar-refractivity contribution in [3.8, 4) is 0 Å². The summed E-state index contributed by atoms with van der Waals surface area (Å²) in [6, 6.07) is 3.15. The zero-order valence-electron chi connectivity index (χ0n) is 15.1. The standard InChI is InChI=1S/C16H15BrCl2N6O4/c1-9-13(18)14(19)24(21-9)6-2-5-20-16(26)12-4-3-10(29-12)7-23-8-11(17)15(22-23)25(27)28/h3-4,8H,2,5-7H2,1H3,(H,20,26). The molecule has 154 valence electrons. The van der Waals surface area contributed by atoms with E-state index in [9.17, 15) is 14.9 Å². The Morgan fingerprint density at radius 1 is 1.38 bits per heavy atom. The Morgan fingerprint density at radius 2 is 2.14 bits per heavy atom. The number of hydrogen-bond acceptors (Lipinski definition) is 6. The molecule has 0 aromatic carbocycles. The first kappa shape index (κ1) is 21.3. The first-order valence-electron chi connectivity index (χ1n) is 8.39. The Labute approximate surface area is 183 Å². The number of aromatic nitrogens is 4. The first-order valence-corrected chi connectivity index (χ1v) is 9.93. The third-order valence-electron chi connectivity index (χ3n) is 3.90. The van der Waals surface area contributed by atoms with Gasteiger partial charge in [-0.1, -0.05) is 23.2 Å². The molecule has 1 N–H and O–H groups in total. The van der Waals surface area contributed by atoms with Crippen LogP contribution in [0.2, 0.25) is 10.2 Å². The Hall–Kier alpha value is -2.37. The van der Waals surface area contributed by atoms with E-state index in [2.05, 4.69) is 31.4 Å². The molecule has 3 aromatic heterocycles. The van der Waals surface area contributed by atoms with Crippen LogP contribution in [0.3, 0.4) is 0 Å². The molecule has 0 aliphatic carbocycles. The summed E-state index contributed by atoms with van der Waals surface area (Å²) >= 11 is 15.1. The van der Waals surface area contributed by atoms with E-state index in [-0.39, 0.29) is 28.5 Å². The normalized spacial score (nSPS) is 11.0. The Kier molecular flexibility index (Phi) is 6.60. The van der Waals surface area contributed by atoms with Crippen molar-refractivity contribution in [3.05, 3.63) is 60.3 Å². The van der Waals surface area contributed by atoms with Crippen LogP contribution in [0.1, 0.15) is 28.4 Å². The molecule has 3 aromatic rings. The van der Waals surface area contributed by atoms with Crippen molar-refractivity contribution in [1.29, 1.82) is 0 Å². The van der Waals surface area contributed by atoms with Crippen molar-refractivity contribution in [3.63, 3.8) is 0 Å². The maximum Gasteiger partial charge on any atom is 0.404 e. The van der Waals surface area contributed by atoms with Crippen LogP contribution < -0.4 is 5.32 Å². The van der Waals surface area contributed by atoms with Crippen LogP contribution in [-0.4, -0.2) is 36.9 Å². The summed E-state index contributed by atoms with van der Waals surface area (Å²) in [5.41, 5.74) is 0.651. The molecule has 0 aliphatic rings. The molecular weight excluding hydrogens is 491 g/mol. The monoisotopic (exact) mass is 504 g/mol. The molecule has 13 heteroatoms. The van der Waals surface area contributed by atoms with Gasteiger partial charge in [-0.05, 0) is 46.3 Å². The van der Waals surface area contributed by atoms with Gasteiger partial charge in [0, 0.05) is 13.1 Å². The summed E-state index contributed by atoms with van der Waals surface area (Å²) < 4.78 is 8.69. The lowest BCUT2D eigenvalue weighted by Crippen LogP contribution is -2.25. The van der Waals surface area contributed by atoms with Crippen molar-refractivity contribution in [2.75, 3.05) is 6.54 Å². The van der Waals surface area contributed by atoms with Crippen molar-refractivity contribution in [2.24, 2.45) is 0 Å². The molecule has 0 atom stereocenters. The molecule has 0 unspecified atom stereocenters. The van der Waals surface area contributed by atoms with Crippen molar-refractivity contribution in [2.45, 2.75) is 26.4 Å². The van der Waals surface area contributed by atoms with E-state index in [1.807, 2.05) is 0 Å². The number of halogens is 3. The first-order chi connectivity index (χ1) is 13.8. The summed E-state index contributed by atoms with van der Waals surface area (Å²) in [5.74, 6) is -0.0850. The Bertz CT molecular complexity index is 1060. The minimum Gasteiger partial charge on any atom is -0.454 e. The van der Waals surface area contributed by atoms with Crippen LogP contribution in [0.4, 0.5) is 5.82 Å². The SMILES string of the molecule is Cc1nn(CCCNC(=O)c2ccc(Cn3cc(Br)c([N+](=O)[O-])n3)o2)c(Cl)c1Cl. The molecule has 0 radical (unpaired) electrons. The second-order valence-corrected chi connectivity index (χ2v) is 7.63. The van der Waals surface area contributed by atoms with Gasteiger partial charge in [-0.3, -0.25) is 9.48 Å². The highest BCUT2D eigenvalue weighted by Crippen LogP contribution is 2.25. The van der Waals surface area contributed by atoms with Gasteiger partial charge >= 0.3 is 5.82 Å². The fourth-order valence-corrected chi connectivity index (χ4v) is 3.39. The summed E-state index contributed by atoms with van der Waals surface area (Å²) in [5, 5.41) is 22.4. The zero-order chi connectivity index (χ0) is 21.1. The van der Waals surface area contributed by atoms with Crippen LogP contribution in [0, 0.1) is 17.0 Å². The number of nitro groups is 1. The van der Waals surface area contributed by atoms with E-state index in [4.69, 9.17) is 27.6 Å². The molecule has 1 amide bonds. The highest BCUT2D eigenvalue weighted by molar-refractivity contribution is 9.10. The van der Waals surface area contributed by atoms with Crippen LogP contribution in [0.5, 0.6) is 0 Å². The lowest BCUT2D eigenvalue weighted by atomic mass is 10.3. The van der Waals surface area contributed by atoms with Crippen LogP contribution in [0.25, 0.3) is 0 Å². The lowest BCUT2D eigenvalue weighted by molar-refractivity contribution is -0.390. The Balaban J connectivity index is 1.50. The van der Waals surface area contributed by atoms with Crippen LogP contribution in [-0.2, 0) is 13.1 Å². The average Bonchev–Trinajstić information content (AvgIpc) is 3.34. The van der Waals surface area contributed by atoms with E-state index in [0.717, 1.165) is 0 Å². The highest BCUT2D eigenvalue weighted by atomic mass is 79.9. The van der Waals surface area contributed by atoms with Crippen LogP contribution >= 0.6 is 39.1 Å². The minimum atomic E-state index is -0.590. The smallest absolute Gasteiger partial charge is 0.404 e. The number of nitrogens with zero attached hydrogens (tertiary/aromatic N) is 5. The van der Waals surface area contributed by atoms with Crippen molar-refractivity contribution in [1.82, 2.24) is 24.9 Å². The van der Waals surface area contributed by atoms with E-state index < -0.39 is 4.92 Å². The number of aryl methyl sites for hydroxylation is 2. The highest BCUT2D eigenvalue weighted by Gasteiger charge is 2.20. The van der Waals surface area contributed by atoms with Crippen LogP contribution in [0.15, 0.2) is 27.2 Å². The second-order valence-electron chi connectivity index (χ2n) is 6.04. The van der Waals surface area contributed by atoms with Crippen molar-refractivity contribution < 1.29 is 14.1 Å². The summed E-state index contributed by atoms with van der Waals surface area (Å²) in [4.78, 5) is 22.4.